The second-order valence-electron chi connectivity index (χ2n) is 7.03. The fraction of sp³-hybridized carbons (Fsp3) is 0.125. The Morgan fingerprint density at radius 2 is 0.633 bits per heavy atom. The molecule has 6 heteroatoms. The maximum Gasteiger partial charge on any atom is 0.250 e. The summed E-state index contributed by atoms with van der Waals surface area (Å²) in [4.78, 5) is 0. The van der Waals surface area contributed by atoms with E-state index in [4.69, 9.17) is 0 Å². The van der Waals surface area contributed by atoms with Crippen LogP contribution in [0.15, 0.2) is 91.8 Å². The summed E-state index contributed by atoms with van der Waals surface area (Å²) >= 11 is 0. The molecule has 3 heterocycles. The Morgan fingerprint density at radius 3 is 0.833 bits per heavy atom. The minimum atomic E-state index is -0.0602. The molecule has 0 bridgehead atoms. The number of hydrogen-bond acceptors (Lipinski definition) is 3. The first-order valence-electron chi connectivity index (χ1n) is 9.66. The summed E-state index contributed by atoms with van der Waals surface area (Å²) in [7, 11) is 0. The van der Waals surface area contributed by atoms with Gasteiger partial charge in [-0.05, 0) is 51.6 Å². The van der Waals surface area contributed by atoms with Gasteiger partial charge in [0, 0.05) is 36.4 Å². The topological polar surface area (TPSA) is 72.3 Å². The molecule has 0 aliphatic carbocycles. The van der Waals surface area contributed by atoms with Gasteiger partial charge in [-0.15, -0.1) is 0 Å². The molecule has 4 aromatic rings. The van der Waals surface area contributed by atoms with Gasteiger partial charge in [0.2, 0.25) is 20.2 Å². The van der Waals surface area contributed by atoms with Gasteiger partial charge in [-0.2, -0.15) is 13.7 Å². The van der Waals surface area contributed by atoms with E-state index in [1.54, 1.807) is 13.7 Å². The number of aromatic nitrogens is 3. The van der Waals surface area contributed by atoms with Gasteiger partial charge in [0.1, 0.15) is 0 Å². The molecule has 0 aliphatic heterocycles. The Hall–Kier alpha value is -3.45. The Morgan fingerprint density at radius 1 is 0.400 bits per heavy atom. The van der Waals surface area contributed by atoms with Crippen LogP contribution in [0.2, 0.25) is 0 Å². The average Bonchev–Trinajstić information content (AvgIpc) is 2.84. The molecule has 0 atom stereocenters. The van der Waals surface area contributed by atoms with Gasteiger partial charge in [-0.1, -0.05) is 0 Å². The van der Waals surface area contributed by atoms with Crippen molar-refractivity contribution in [3.05, 3.63) is 91.8 Å². The second-order valence-corrected chi connectivity index (χ2v) is 7.03. The largest absolute Gasteiger partial charge is 0.339 e. The zero-order valence-corrected chi connectivity index (χ0v) is 16.5. The molecule has 0 unspecified atom stereocenters. The maximum absolute atomic E-state index is 9.29. The van der Waals surface area contributed by atoms with Crippen molar-refractivity contribution in [2.24, 2.45) is 0 Å². The highest BCUT2D eigenvalue weighted by Crippen LogP contribution is 2.32. The molecule has 3 aromatic heterocycles. The zero-order chi connectivity index (χ0) is 20.9. The van der Waals surface area contributed by atoms with Gasteiger partial charge < -0.3 is 15.3 Å². The highest BCUT2D eigenvalue weighted by molar-refractivity contribution is 5.80. The fourth-order valence-corrected chi connectivity index (χ4v) is 3.36. The van der Waals surface area contributed by atoms with E-state index in [0.29, 0.717) is 0 Å². The van der Waals surface area contributed by atoms with Crippen LogP contribution in [0.1, 0.15) is 0 Å². The standard InChI is InChI=1S/C24H24N3O3/c28-16-25-7-1-19(2-8-25)22-13-23(20-3-9-26(17-29)10-4-20)15-24(14-22)21-5-11-27(18-30)12-6-21/h1-15,28-30H,16-18H2/q+3. The molecule has 3 N–H and O–H groups in total. The highest BCUT2D eigenvalue weighted by atomic mass is 16.3. The fourth-order valence-electron chi connectivity index (χ4n) is 3.36. The number of nitrogens with zero attached hydrogens (tertiary/aromatic N) is 3. The number of aliphatic hydroxyl groups excluding tert-OH is 3. The van der Waals surface area contributed by atoms with Crippen LogP contribution in [0.5, 0.6) is 0 Å². The minimum Gasteiger partial charge on any atom is -0.339 e. The average molecular weight is 402 g/mol. The molecule has 1 aromatic carbocycles. The van der Waals surface area contributed by atoms with Gasteiger partial charge in [0.05, 0.1) is 0 Å². The first-order chi connectivity index (χ1) is 14.7. The third-order valence-electron chi connectivity index (χ3n) is 5.10. The lowest BCUT2D eigenvalue weighted by atomic mass is 9.94. The van der Waals surface area contributed by atoms with E-state index >= 15 is 0 Å². The Bertz CT molecular complexity index is 967. The molecule has 0 spiro atoms. The number of benzene rings is 1. The molecule has 150 valence electrons. The van der Waals surface area contributed by atoms with Gasteiger partial charge >= 0.3 is 0 Å². The Balaban J connectivity index is 1.83. The van der Waals surface area contributed by atoms with Gasteiger partial charge in [0.15, 0.2) is 37.2 Å². The van der Waals surface area contributed by atoms with Crippen molar-refractivity contribution < 1.29 is 29.0 Å². The first-order valence-corrected chi connectivity index (χ1v) is 9.66. The van der Waals surface area contributed by atoms with Crippen molar-refractivity contribution >= 4 is 0 Å². The molecule has 0 saturated heterocycles. The van der Waals surface area contributed by atoms with Crippen LogP contribution in [-0.4, -0.2) is 15.3 Å². The molecule has 0 fully saturated rings. The summed E-state index contributed by atoms with van der Waals surface area (Å²) in [5, 5.41) is 27.9. The van der Waals surface area contributed by atoms with Gasteiger partial charge in [0.25, 0.3) is 0 Å². The van der Waals surface area contributed by atoms with E-state index in [1.807, 2.05) is 73.6 Å². The number of aliphatic hydroxyl groups is 3. The molecule has 30 heavy (non-hydrogen) atoms. The van der Waals surface area contributed by atoms with Gasteiger partial charge in [-0.25, -0.2) is 0 Å². The number of rotatable bonds is 6. The summed E-state index contributed by atoms with van der Waals surface area (Å²) in [6.45, 7) is -0.181. The quantitative estimate of drug-likeness (QED) is 0.427. The van der Waals surface area contributed by atoms with Crippen LogP contribution in [0.4, 0.5) is 0 Å². The summed E-state index contributed by atoms with van der Waals surface area (Å²) in [5.41, 5.74) is 6.32. The van der Waals surface area contributed by atoms with Crippen LogP contribution in [0, 0.1) is 0 Å². The lowest BCUT2D eigenvalue weighted by molar-refractivity contribution is -0.730. The van der Waals surface area contributed by atoms with E-state index in [-0.39, 0.29) is 20.2 Å². The number of pyridine rings is 3. The monoisotopic (exact) mass is 402 g/mol. The lowest BCUT2D eigenvalue weighted by Crippen LogP contribution is -2.32. The van der Waals surface area contributed by atoms with Crippen molar-refractivity contribution in [1.29, 1.82) is 0 Å². The summed E-state index contributed by atoms with van der Waals surface area (Å²) in [6, 6.07) is 18.3. The predicted octanol–water partition coefficient (Wildman–Crippen LogP) is 1.40. The van der Waals surface area contributed by atoms with Crippen molar-refractivity contribution in [3.63, 3.8) is 0 Å². The van der Waals surface area contributed by atoms with Crippen LogP contribution in [0.25, 0.3) is 33.4 Å². The normalized spacial score (nSPS) is 10.9. The molecular weight excluding hydrogens is 378 g/mol. The predicted molar refractivity (Wildman–Crippen MR) is 110 cm³/mol. The van der Waals surface area contributed by atoms with Crippen molar-refractivity contribution in [3.8, 4) is 33.4 Å². The SMILES string of the molecule is OC[n+]1ccc(-c2cc(-c3cc[n+](CO)cc3)cc(-c3cc[n+](CO)cc3)c2)cc1. The highest BCUT2D eigenvalue weighted by Gasteiger charge is 2.11. The van der Waals surface area contributed by atoms with Crippen LogP contribution in [0.3, 0.4) is 0 Å². The van der Waals surface area contributed by atoms with Crippen LogP contribution < -0.4 is 13.7 Å². The van der Waals surface area contributed by atoms with Crippen LogP contribution in [-0.2, 0) is 20.2 Å². The van der Waals surface area contributed by atoms with Crippen LogP contribution >= 0.6 is 0 Å². The molecule has 4 rings (SSSR count). The molecular formula is C24H24N3O3+3. The third kappa shape index (κ3) is 4.26. The first kappa shape index (κ1) is 19.8. The third-order valence-corrected chi connectivity index (χ3v) is 5.10. The van der Waals surface area contributed by atoms with E-state index in [9.17, 15) is 15.3 Å². The van der Waals surface area contributed by atoms with Crippen molar-refractivity contribution in [1.82, 2.24) is 0 Å². The minimum absolute atomic E-state index is 0.0602. The molecule has 0 saturated carbocycles. The Kier molecular flexibility index (Phi) is 5.90. The van der Waals surface area contributed by atoms with E-state index in [0.717, 1.165) is 33.4 Å². The molecule has 0 amide bonds. The van der Waals surface area contributed by atoms with Crippen molar-refractivity contribution in [2.75, 3.05) is 0 Å². The zero-order valence-electron chi connectivity index (χ0n) is 16.5. The summed E-state index contributed by atoms with van der Waals surface area (Å²) < 4.78 is 5.10. The second kappa shape index (κ2) is 8.92. The summed E-state index contributed by atoms with van der Waals surface area (Å²) in [5.74, 6) is 0. The maximum atomic E-state index is 9.29. The lowest BCUT2D eigenvalue weighted by Gasteiger charge is -2.10. The van der Waals surface area contributed by atoms with E-state index < -0.39 is 0 Å². The molecule has 0 radical (unpaired) electrons. The molecule has 0 aliphatic rings. The summed E-state index contributed by atoms with van der Waals surface area (Å²) in [6.07, 6.45) is 11.1. The Labute approximate surface area is 174 Å². The number of hydrogen-bond donors (Lipinski definition) is 3. The molecule has 6 nitrogen and oxygen atoms in total. The van der Waals surface area contributed by atoms with Gasteiger partial charge in [-0.3, -0.25) is 0 Å². The van der Waals surface area contributed by atoms with Crippen molar-refractivity contribution in [2.45, 2.75) is 20.2 Å². The van der Waals surface area contributed by atoms with E-state index in [2.05, 4.69) is 18.2 Å². The van der Waals surface area contributed by atoms with E-state index in [1.165, 1.54) is 0 Å². The smallest absolute Gasteiger partial charge is 0.250 e.